The molecule has 3 rings (SSSR count). The molecule has 0 aliphatic carbocycles. The highest BCUT2D eigenvalue weighted by Crippen LogP contribution is 2.30. The van der Waals surface area contributed by atoms with E-state index in [0.717, 1.165) is 25.9 Å². The number of hydrogen-bond acceptors (Lipinski definition) is 4. The second-order valence-corrected chi connectivity index (χ2v) is 7.33. The number of nitrogens with zero attached hydrogens (tertiary/aromatic N) is 2. The number of benzene rings is 1. The van der Waals surface area contributed by atoms with Gasteiger partial charge < -0.3 is 19.3 Å². The Hall–Kier alpha value is -1.75. The molecule has 0 unspecified atom stereocenters. The fourth-order valence-electron chi connectivity index (χ4n) is 3.87. The molecule has 5 heteroatoms. The van der Waals surface area contributed by atoms with Gasteiger partial charge in [-0.1, -0.05) is 0 Å². The molecule has 2 aliphatic rings. The number of rotatable bonds is 6. The van der Waals surface area contributed by atoms with Crippen molar-refractivity contribution in [3.8, 4) is 11.5 Å². The molecule has 0 spiro atoms. The van der Waals surface area contributed by atoms with Crippen molar-refractivity contribution in [3.63, 3.8) is 0 Å². The average molecular weight is 346 g/mol. The van der Waals surface area contributed by atoms with Crippen LogP contribution in [0.2, 0.25) is 0 Å². The second-order valence-electron chi connectivity index (χ2n) is 7.33. The van der Waals surface area contributed by atoms with Gasteiger partial charge in [-0.05, 0) is 70.8 Å². The molecule has 1 atom stereocenters. The third-order valence-corrected chi connectivity index (χ3v) is 5.08. The summed E-state index contributed by atoms with van der Waals surface area (Å²) in [6.45, 7) is 8.17. The van der Waals surface area contributed by atoms with Crippen molar-refractivity contribution < 1.29 is 14.3 Å². The van der Waals surface area contributed by atoms with Crippen molar-refractivity contribution in [2.45, 2.75) is 51.7 Å². The summed E-state index contributed by atoms with van der Waals surface area (Å²) < 4.78 is 11.2. The number of carbonyl (C=O) groups is 1. The Morgan fingerprint density at radius 1 is 1.16 bits per heavy atom. The van der Waals surface area contributed by atoms with Crippen LogP contribution in [0.5, 0.6) is 11.5 Å². The fourth-order valence-corrected chi connectivity index (χ4v) is 3.87. The van der Waals surface area contributed by atoms with E-state index in [4.69, 9.17) is 9.47 Å². The van der Waals surface area contributed by atoms with Crippen LogP contribution < -0.4 is 9.47 Å². The molecular weight excluding hydrogens is 316 g/mol. The van der Waals surface area contributed by atoms with E-state index in [-0.39, 0.29) is 12.0 Å². The predicted molar refractivity (Wildman–Crippen MR) is 98.5 cm³/mol. The smallest absolute Gasteiger partial charge is 0.254 e. The summed E-state index contributed by atoms with van der Waals surface area (Å²) >= 11 is 0. The van der Waals surface area contributed by atoms with E-state index in [0.29, 0.717) is 23.1 Å². The third-order valence-electron chi connectivity index (χ3n) is 5.08. The van der Waals surface area contributed by atoms with E-state index in [1.54, 1.807) is 7.11 Å². The van der Waals surface area contributed by atoms with E-state index in [1.807, 2.05) is 32.0 Å². The highest BCUT2D eigenvalue weighted by molar-refractivity contribution is 5.95. The van der Waals surface area contributed by atoms with E-state index in [9.17, 15) is 4.79 Å². The van der Waals surface area contributed by atoms with E-state index in [2.05, 4.69) is 9.80 Å². The number of likely N-dealkylation sites (tertiary alicyclic amines) is 2. The maximum Gasteiger partial charge on any atom is 0.254 e. The maximum atomic E-state index is 13.0. The Morgan fingerprint density at radius 2 is 1.92 bits per heavy atom. The van der Waals surface area contributed by atoms with Gasteiger partial charge in [-0.3, -0.25) is 4.79 Å². The van der Waals surface area contributed by atoms with Gasteiger partial charge in [0.05, 0.1) is 13.2 Å². The summed E-state index contributed by atoms with van der Waals surface area (Å²) in [5, 5.41) is 0. The molecule has 1 aromatic rings. The van der Waals surface area contributed by atoms with E-state index in [1.165, 1.54) is 25.9 Å². The number of amides is 1. The molecule has 0 N–H and O–H groups in total. The van der Waals surface area contributed by atoms with Gasteiger partial charge in [-0.2, -0.15) is 0 Å². The number of methoxy groups -OCH3 is 1. The van der Waals surface area contributed by atoms with E-state index < -0.39 is 0 Å². The lowest BCUT2D eigenvalue weighted by Crippen LogP contribution is -2.42. The van der Waals surface area contributed by atoms with Gasteiger partial charge in [0, 0.05) is 24.7 Å². The van der Waals surface area contributed by atoms with Crippen LogP contribution >= 0.6 is 0 Å². The first-order chi connectivity index (χ1) is 12.1. The van der Waals surface area contributed by atoms with Gasteiger partial charge in [0.1, 0.15) is 0 Å². The first kappa shape index (κ1) is 18.1. The summed E-state index contributed by atoms with van der Waals surface area (Å²) in [6, 6.07) is 5.85. The minimum atomic E-state index is 0.0684. The lowest BCUT2D eigenvalue weighted by molar-refractivity contribution is 0.0708. The zero-order valence-electron chi connectivity index (χ0n) is 15.7. The molecule has 2 aliphatic heterocycles. The Kier molecular flexibility index (Phi) is 5.84. The standard InChI is InChI=1S/C20H30N2O3/c1-15(2)25-18-9-8-16(13-19(18)24-3)20(23)22-12-6-7-17(22)14-21-10-4-5-11-21/h8-9,13,15,17H,4-7,10-12,14H2,1-3H3/t17-/m0/s1. The minimum absolute atomic E-state index is 0.0684. The molecule has 1 aromatic carbocycles. The summed E-state index contributed by atoms with van der Waals surface area (Å²) in [6.07, 6.45) is 4.84. The zero-order chi connectivity index (χ0) is 17.8. The van der Waals surface area contributed by atoms with Gasteiger partial charge in [0.25, 0.3) is 5.91 Å². The molecule has 1 amide bonds. The Labute approximate surface area is 150 Å². The number of ether oxygens (including phenoxy) is 2. The fraction of sp³-hybridized carbons (Fsp3) is 0.650. The van der Waals surface area contributed by atoms with Gasteiger partial charge in [-0.25, -0.2) is 0 Å². The maximum absolute atomic E-state index is 13.0. The van der Waals surface area contributed by atoms with Crippen LogP contribution in [0.25, 0.3) is 0 Å². The number of carbonyl (C=O) groups excluding carboxylic acids is 1. The normalized spacial score (nSPS) is 21.1. The van der Waals surface area contributed by atoms with Crippen LogP contribution in [0.15, 0.2) is 18.2 Å². The zero-order valence-corrected chi connectivity index (χ0v) is 15.7. The summed E-state index contributed by atoms with van der Waals surface area (Å²) in [7, 11) is 1.61. The second kappa shape index (κ2) is 8.09. The summed E-state index contributed by atoms with van der Waals surface area (Å²) in [4.78, 5) is 17.6. The van der Waals surface area contributed by atoms with Crippen LogP contribution in [0.1, 0.15) is 49.9 Å². The molecule has 2 fully saturated rings. The van der Waals surface area contributed by atoms with Crippen molar-refractivity contribution in [2.75, 3.05) is 33.3 Å². The van der Waals surface area contributed by atoms with Crippen molar-refractivity contribution in [1.82, 2.24) is 9.80 Å². The molecule has 25 heavy (non-hydrogen) atoms. The molecule has 0 bridgehead atoms. The third kappa shape index (κ3) is 4.27. The Bertz CT molecular complexity index is 597. The highest BCUT2D eigenvalue weighted by Gasteiger charge is 2.31. The van der Waals surface area contributed by atoms with Gasteiger partial charge in [0.15, 0.2) is 11.5 Å². The van der Waals surface area contributed by atoms with Gasteiger partial charge >= 0.3 is 0 Å². The lowest BCUT2D eigenvalue weighted by Gasteiger charge is -2.28. The van der Waals surface area contributed by atoms with Gasteiger partial charge in [-0.15, -0.1) is 0 Å². The predicted octanol–water partition coefficient (Wildman–Crippen LogP) is 3.18. The highest BCUT2D eigenvalue weighted by atomic mass is 16.5. The monoisotopic (exact) mass is 346 g/mol. The lowest BCUT2D eigenvalue weighted by atomic mass is 10.1. The Morgan fingerprint density at radius 3 is 2.60 bits per heavy atom. The average Bonchev–Trinajstić information content (AvgIpc) is 3.26. The van der Waals surface area contributed by atoms with Crippen molar-refractivity contribution in [1.29, 1.82) is 0 Å². The minimum Gasteiger partial charge on any atom is -0.493 e. The van der Waals surface area contributed by atoms with E-state index >= 15 is 0 Å². The topological polar surface area (TPSA) is 42.0 Å². The molecule has 138 valence electrons. The summed E-state index contributed by atoms with van der Waals surface area (Å²) in [5.74, 6) is 1.41. The van der Waals surface area contributed by atoms with Crippen LogP contribution in [0, 0.1) is 0 Å². The first-order valence-corrected chi connectivity index (χ1v) is 9.46. The van der Waals surface area contributed by atoms with Gasteiger partial charge in [0.2, 0.25) is 0 Å². The molecule has 5 nitrogen and oxygen atoms in total. The quantitative estimate of drug-likeness (QED) is 0.793. The van der Waals surface area contributed by atoms with Crippen LogP contribution in [-0.4, -0.2) is 61.1 Å². The molecule has 0 aromatic heterocycles. The summed E-state index contributed by atoms with van der Waals surface area (Å²) in [5.41, 5.74) is 0.682. The van der Waals surface area contributed by atoms with Crippen LogP contribution in [0.4, 0.5) is 0 Å². The molecular formula is C20H30N2O3. The largest absolute Gasteiger partial charge is 0.493 e. The Balaban J connectivity index is 1.72. The number of hydrogen-bond donors (Lipinski definition) is 0. The van der Waals surface area contributed by atoms with Crippen molar-refractivity contribution >= 4 is 5.91 Å². The van der Waals surface area contributed by atoms with Crippen molar-refractivity contribution in [3.05, 3.63) is 23.8 Å². The SMILES string of the molecule is COc1cc(C(=O)N2CCC[C@H]2CN2CCCC2)ccc1OC(C)C. The molecule has 2 heterocycles. The molecule has 2 saturated heterocycles. The molecule has 0 radical (unpaired) electrons. The van der Waals surface area contributed by atoms with Crippen molar-refractivity contribution in [2.24, 2.45) is 0 Å². The van der Waals surface area contributed by atoms with Crippen LogP contribution in [0.3, 0.4) is 0 Å². The van der Waals surface area contributed by atoms with Crippen LogP contribution in [-0.2, 0) is 0 Å². The molecule has 0 saturated carbocycles. The first-order valence-electron chi connectivity index (χ1n) is 9.46.